The van der Waals surface area contributed by atoms with Gasteiger partial charge in [0.1, 0.15) is 0 Å². The zero-order valence-corrected chi connectivity index (χ0v) is 12.9. The molecule has 2 N–H and O–H groups in total. The molecule has 0 spiro atoms. The molecule has 3 fully saturated rings. The van der Waals surface area contributed by atoms with E-state index in [4.69, 9.17) is 0 Å². The molecule has 0 amide bonds. The van der Waals surface area contributed by atoms with Crippen LogP contribution in [0.4, 0.5) is 0 Å². The molecular formula is C16H32N4. The molecule has 0 saturated carbocycles. The Morgan fingerprint density at radius 2 is 1.15 bits per heavy atom. The second-order valence-corrected chi connectivity index (χ2v) is 7.03. The van der Waals surface area contributed by atoms with Crippen LogP contribution in [0.1, 0.15) is 25.7 Å². The topological polar surface area (TPSA) is 30.5 Å². The lowest BCUT2D eigenvalue weighted by atomic mass is 9.98. The van der Waals surface area contributed by atoms with Crippen molar-refractivity contribution < 1.29 is 0 Å². The summed E-state index contributed by atoms with van der Waals surface area (Å²) in [5.41, 5.74) is 0. The highest BCUT2D eigenvalue weighted by Gasteiger charge is 2.23. The number of rotatable bonds is 4. The van der Waals surface area contributed by atoms with Crippen molar-refractivity contribution in [1.82, 2.24) is 20.4 Å². The van der Waals surface area contributed by atoms with E-state index in [2.05, 4.69) is 20.4 Å². The first-order valence-corrected chi connectivity index (χ1v) is 8.76. The van der Waals surface area contributed by atoms with Crippen LogP contribution in [-0.4, -0.2) is 75.2 Å². The predicted octanol–water partition coefficient (Wildman–Crippen LogP) is 0.603. The monoisotopic (exact) mass is 280 g/mol. The van der Waals surface area contributed by atoms with Gasteiger partial charge in [-0.2, -0.15) is 0 Å². The second kappa shape index (κ2) is 7.74. The van der Waals surface area contributed by atoms with Crippen molar-refractivity contribution in [3.63, 3.8) is 0 Å². The molecule has 2 unspecified atom stereocenters. The highest BCUT2D eigenvalue weighted by Crippen LogP contribution is 2.16. The Balaban J connectivity index is 1.33. The van der Waals surface area contributed by atoms with Crippen molar-refractivity contribution in [1.29, 1.82) is 0 Å². The molecule has 4 nitrogen and oxygen atoms in total. The Morgan fingerprint density at radius 1 is 0.700 bits per heavy atom. The molecule has 2 atom stereocenters. The summed E-state index contributed by atoms with van der Waals surface area (Å²) in [6.45, 7) is 12.8. The first kappa shape index (κ1) is 14.8. The van der Waals surface area contributed by atoms with Crippen molar-refractivity contribution in [2.45, 2.75) is 25.7 Å². The van der Waals surface area contributed by atoms with Crippen LogP contribution >= 0.6 is 0 Å². The van der Waals surface area contributed by atoms with E-state index in [9.17, 15) is 0 Å². The number of piperazine rings is 1. The van der Waals surface area contributed by atoms with E-state index in [1.165, 1.54) is 91.1 Å². The lowest BCUT2D eigenvalue weighted by molar-refractivity contribution is 0.0967. The van der Waals surface area contributed by atoms with E-state index >= 15 is 0 Å². The molecule has 0 aromatic carbocycles. The maximum Gasteiger partial charge on any atom is 0.0110 e. The lowest BCUT2D eigenvalue weighted by Gasteiger charge is -2.39. The van der Waals surface area contributed by atoms with Gasteiger partial charge in [0.25, 0.3) is 0 Å². The summed E-state index contributed by atoms with van der Waals surface area (Å²) >= 11 is 0. The predicted molar refractivity (Wildman–Crippen MR) is 84.1 cm³/mol. The molecule has 4 heteroatoms. The van der Waals surface area contributed by atoms with Crippen molar-refractivity contribution in [2.75, 3.05) is 65.4 Å². The van der Waals surface area contributed by atoms with E-state index in [0.717, 1.165) is 11.8 Å². The maximum atomic E-state index is 3.54. The Kier molecular flexibility index (Phi) is 5.71. The molecule has 3 aliphatic heterocycles. The van der Waals surface area contributed by atoms with Gasteiger partial charge in [-0.15, -0.1) is 0 Å². The molecule has 0 bridgehead atoms. The average molecular weight is 280 g/mol. The molecular weight excluding hydrogens is 248 g/mol. The third kappa shape index (κ3) is 4.42. The van der Waals surface area contributed by atoms with Crippen LogP contribution in [0.2, 0.25) is 0 Å². The zero-order valence-electron chi connectivity index (χ0n) is 12.9. The zero-order chi connectivity index (χ0) is 13.6. The molecule has 116 valence electrons. The maximum absolute atomic E-state index is 3.54. The Morgan fingerprint density at radius 3 is 1.50 bits per heavy atom. The van der Waals surface area contributed by atoms with Crippen molar-refractivity contribution in [3.05, 3.63) is 0 Å². The van der Waals surface area contributed by atoms with Gasteiger partial charge in [0.05, 0.1) is 0 Å². The minimum absolute atomic E-state index is 0.901. The highest BCUT2D eigenvalue weighted by molar-refractivity contribution is 4.80. The first-order chi connectivity index (χ1) is 9.90. The summed E-state index contributed by atoms with van der Waals surface area (Å²) in [6.07, 6.45) is 5.61. The quantitative estimate of drug-likeness (QED) is 0.790. The number of piperidine rings is 2. The number of nitrogens with zero attached hydrogens (tertiary/aromatic N) is 2. The minimum atomic E-state index is 0.901. The largest absolute Gasteiger partial charge is 0.316 e. The summed E-state index contributed by atoms with van der Waals surface area (Å²) in [6, 6.07) is 0. The summed E-state index contributed by atoms with van der Waals surface area (Å²) < 4.78 is 0. The van der Waals surface area contributed by atoms with Gasteiger partial charge < -0.3 is 20.4 Å². The van der Waals surface area contributed by atoms with Crippen LogP contribution < -0.4 is 10.6 Å². The van der Waals surface area contributed by atoms with Gasteiger partial charge in [-0.05, 0) is 63.7 Å². The van der Waals surface area contributed by atoms with Gasteiger partial charge in [-0.3, -0.25) is 0 Å². The summed E-state index contributed by atoms with van der Waals surface area (Å²) in [7, 11) is 0. The van der Waals surface area contributed by atoms with E-state index in [1.54, 1.807) is 0 Å². The third-order valence-corrected chi connectivity index (χ3v) is 5.30. The van der Waals surface area contributed by atoms with Gasteiger partial charge in [0.2, 0.25) is 0 Å². The number of nitrogens with one attached hydrogen (secondary N) is 2. The van der Waals surface area contributed by atoms with Gasteiger partial charge in [0.15, 0.2) is 0 Å². The standard InChI is InChI=1S/C16H32N4/c1-3-15(11-17-5-1)13-19-7-9-20(10-8-19)14-16-4-2-6-18-12-16/h15-18H,1-14H2. The SMILES string of the molecule is C1CNCC(CN2CCN(CC3CCCNC3)CC2)C1. The second-order valence-electron chi connectivity index (χ2n) is 7.03. The third-order valence-electron chi connectivity index (χ3n) is 5.30. The highest BCUT2D eigenvalue weighted by atomic mass is 15.3. The van der Waals surface area contributed by atoms with Crippen LogP contribution in [-0.2, 0) is 0 Å². The van der Waals surface area contributed by atoms with Crippen LogP contribution in [0.15, 0.2) is 0 Å². The molecule has 0 aromatic rings. The fraction of sp³-hybridized carbons (Fsp3) is 1.00. The summed E-state index contributed by atoms with van der Waals surface area (Å²) in [5, 5.41) is 7.09. The van der Waals surface area contributed by atoms with Crippen molar-refractivity contribution in [2.24, 2.45) is 11.8 Å². The average Bonchev–Trinajstić information content (AvgIpc) is 2.51. The van der Waals surface area contributed by atoms with Gasteiger partial charge in [-0.1, -0.05) is 0 Å². The Labute approximate surface area is 124 Å². The smallest absolute Gasteiger partial charge is 0.0110 e. The summed E-state index contributed by atoms with van der Waals surface area (Å²) in [4.78, 5) is 5.40. The lowest BCUT2D eigenvalue weighted by Crippen LogP contribution is -2.51. The van der Waals surface area contributed by atoms with E-state index < -0.39 is 0 Å². The van der Waals surface area contributed by atoms with Crippen LogP contribution in [0.5, 0.6) is 0 Å². The fourth-order valence-electron chi connectivity index (χ4n) is 4.04. The Hall–Kier alpha value is -0.160. The molecule has 3 rings (SSSR count). The normalized spacial score (nSPS) is 34.2. The number of hydrogen-bond donors (Lipinski definition) is 2. The van der Waals surface area contributed by atoms with Crippen molar-refractivity contribution >= 4 is 0 Å². The molecule has 3 aliphatic rings. The summed E-state index contributed by atoms with van der Waals surface area (Å²) in [5.74, 6) is 1.80. The molecule has 0 radical (unpaired) electrons. The Bertz CT molecular complexity index is 236. The fourth-order valence-corrected chi connectivity index (χ4v) is 4.04. The van der Waals surface area contributed by atoms with E-state index in [-0.39, 0.29) is 0 Å². The van der Waals surface area contributed by atoms with Gasteiger partial charge in [-0.25, -0.2) is 0 Å². The van der Waals surface area contributed by atoms with Crippen molar-refractivity contribution in [3.8, 4) is 0 Å². The van der Waals surface area contributed by atoms with Crippen LogP contribution in [0, 0.1) is 11.8 Å². The van der Waals surface area contributed by atoms with E-state index in [1.807, 2.05) is 0 Å². The molecule has 20 heavy (non-hydrogen) atoms. The number of hydrogen-bond acceptors (Lipinski definition) is 4. The van der Waals surface area contributed by atoms with Crippen LogP contribution in [0.3, 0.4) is 0 Å². The van der Waals surface area contributed by atoms with E-state index in [0.29, 0.717) is 0 Å². The van der Waals surface area contributed by atoms with Gasteiger partial charge in [0, 0.05) is 39.3 Å². The molecule has 3 heterocycles. The molecule has 0 aromatic heterocycles. The molecule has 0 aliphatic carbocycles. The first-order valence-electron chi connectivity index (χ1n) is 8.76. The molecule has 3 saturated heterocycles. The minimum Gasteiger partial charge on any atom is -0.316 e. The van der Waals surface area contributed by atoms with Crippen LogP contribution in [0.25, 0.3) is 0 Å². The van der Waals surface area contributed by atoms with Gasteiger partial charge >= 0.3 is 0 Å².